The summed E-state index contributed by atoms with van der Waals surface area (Å²) in [4.78, 5) is 16.0. The minimum Gasteiger partial charge on any atom is -0.397 e. The van der Waals surface area contributed by atoms with Crippen LogP contribution in [0.5, 0.6) is 0 Å². The number of amides is 1. The first-order valence-corrected chi connectivity index (χ1v) is 6.69. The van der Waals surface area contributed by atoms with Gasteiger partial charge in [-0.05, 0) is 24.8 Å². The fourth-order valence-corrected chi connectivity index (χ4v) is 2.14. The van der Waals surface area contributed by atoms with Crippen LogP contribution < -0.4 is 11.1 Å². The van der Waals surface area contributed by atoms with Crippen molar-refractivity contribution in [2.24, 2.45) is 5.92 Å². The second-order valence-electron chi connectivity index (χ2n) is 4.85. The number of aromatic nitrogens is 1. The molecule has 0 aromatic carbocycles. The fourth-order valence-electron chi connectivity index (χ4n) is 1.98. The molecule has 1 amide bonds. The van der Waals surface area contributed by atoms with E-state index in [1.807, 2.05) is 0 Å². The van der Waals surface area contributed by atoms with E-state index in [4.69, 9.17) is 17.3 Å². The summed E-state index contributed by atoms with van der Waals surface area (Å²) < 4.78 is 0. The Balaban J connectivity index is 2.02. The van der Waals surface area contributed by atoms with Gasteiger partial charge in [-0.25, -0.2) is 4.98 Å². The molecule has 18 heavy (non-hydrogen) atoms. The van der Waals surface area contributed by atoms with E-state index in [9.17, 15) is 4.79 Å². The maximum atomic E-state index is 12.1. The number of halogens is 1. The lowest BCUT2D eigenvalue weighted by Gasteiger charge is -2.17. The molecule has 3 N–H and O–H groups in total. The van der Waals surface area contributed by atoms with Crippen molar-refractivity contribution in [1.82, 2.24) is 10.3 Å². The van der Waals surface area contributed by atoms with Crippen LogP contribution in [0, 0.1) is 5.92 Å². The summed E-state index contributed by atoms with van der Waals surface area (Å²) in [7, 11) is 0. The zero-order valence-corrected chi connectivity index (χ0v) is 11.2. The second kappa shape index (κ2) is 5.57. The first-order chi connectivity index (χ1) is 8.60. The maximum absolute atomic E-state index is 12.1. The van der Waals surface area contributed by atoms with Crippen LogP contribution in [-0.2, 0) is 0 Å². The highest BCUT2D eigenvalue weighted by Gasteiger charge is 2.26. The van der Waals surface area contributed by atoms with E-state index < -0.39 is 0 Å². The Kier molecular flexibility index (Phi) is 4.07. The summed E-state index contributed by atoms with van der Waals surface area (Å²) in [5, 5.41) is 3.30. The van der Waals surface area contributed by atoms with Gasteiger partial charge in [0.05, 0.1) is 17.4 Å². The van der Waals surface area contributed by atoms with Gasteiger partial charge < -0.3 is 11.1 Å². The van der Waals surface area contributed by atoms with E-state index in [0.29, 0.717) is 11.3 Å². The van der Waals surface area contributed by atoms with Crippen LogP contribution in [0.4, 0.5) is 5.69 Å². The van der Waals surface area contributed by atoms with Crippen molar-refractivity contribution in [3.05, 3.63) is 23.0 Å². The average molecular weight is 268 g/mol. The standard InChI is InChI=1S/C13H18ClN3O/c1-2-9(5-8-3-4-8)17-13(18)10-6-12(14)16-7-11(10)15/h6-9H,2-5,15H2,1H3,(H,17,18). The van der Waals surface area contributed by atoms with E-state index in [2.05, 4.69) is 17.2 Å². The van der Waals surface area contributed by atoms with Crippen LogP contribution in [0.25, 0.3) is 0 Å². The van der Waals surface area contributed by atoms with Gasteiger partial charge in [0.15, 0.2) is 0 Å². The third-order valence-electron chi connectivity index (χ3n) is 3.29. The molecule has 1 aliphatic carbocycles. The molecule has 1 aliphatic rings. The zero-order chi connectivity index (χ0) is 13.1. The molecule has 1 aromatic rings. The zero-order valence-electron chi connectivity index (χ0n) is 10.4. The number of hydrogen-bond donors (Lipinski definition) is 2. The SMILES string of the molecule is CCC(CC1CC1)NC(=O)c1cc(Cl)ncc1N. The lowest BCUT2D eigenvalue weighted by molar-refractivity contribution is 0.0933. The van der Waals surface area contributed by atoms with E-state index in [1.54, 1.807) is 0 Å². The van der Waals surface area contributed by atoms with Crippen molar-refractivity contribution in [2.75, 3.05) is 5.73 Å². The molecule has 98 valence electrons. The third-order valence-corrected chi connectivity index (χ3v) is 3.50. The van der Waals surface area contributed by atoms with E-state index in [1.165, 1.54) is 25.1 Å². The van der Waals surface area contributed by atoms with E-state index in [-0.39, 0.29) is 17.1 Å². The average Bonchev–Trinajstić information content (AvgIpc) is 3.15. The number of nitrogens with two attached hydrogens (primary N) is 1. The molecular weight excluding hydrogens is 250 g/mol. The number of carbonyl (C=O) groups is 1. The molecule has 0 spiro atoms. The van der Waals surface area contributed by atoms with Crippen LogP contribution >= 0.6 is 11.6 Å². The fraction of sp³-hybridized carbons (Fsp3) is 0.538. The molecule has 1 heterocycles. The summed E-state index contributed by atoms with van der Waals surface area (Å²) >= 11 is 5.78. The van der Waals surface area contributed by atoms with Gasteiger partial charge in [0.2, 0.25) is 0 Å². The Morgan fingerprint density at radius 2 is 2.39 bits per heavy atom. The van der Waals surface area contributed by atoms with Gasteiger partial charge in [0.1, 0.15) is 5.15 Å². The number of nitrogens with one attached hydrogen (secondary N) is 1. The predicted molar refractivity (Wildman–Crippen MR) is 72.5 cm³/mol. The van der Waals surface area contributed by atoms with Crippen LogP contribution in [0.3, 0.4) is 0 Å². The number of hydrogen-bond acceptors (Lipinski definition) is 3. The molecule has 1 saturated carbocycles. The molecule has 0 bridgehead atoms. The molecule has 5 heteroatoms. The monoisotopic (exact) mass is 267 g/mol. The summed E-state index contributed by atoms with van der Waals surface area (Å²) in [5.74, 6) is 0.623. The third kappa shape index (κ3) is 3.35. The van der Waals surface area contributed by atoms with Gasteiger partial charge in [-0.1, -0.05) is 31.4 Å². The van der Waals surface area contributed by atoms with Crippen molar-refractivity contribution in [3.8, 4) is 0 Å². The molecule has 1 unspecified atom stereocenters. The molecule has 0 radical (unpaired) electrons. The van der Waals surface area contributed by atoms with Gasteiger partial charge in [0.25, 0.3) is 5.91 Å². The normalized spacial score (nSPS) is 16.3. The molecule has 1 atom stereocenters. The van der Waals surface area contributed by atoms with Crippen LogP contribution in [-0.4, -0.2) is 16.9 Å². The summed E-state index contributed by atoms with van der Waals surface area (Å²) in [6.07, 6.45) is 5.98. The molecule has 4 nitrogen and oxygen atoms in total. The molecular formula is C13H18ClN3O. The lowest BCUT2D eigenvalue weighted by Crippen LogP contribution is -2.35. The smallest absolute Gasteiger partial charge is 0.253 e. The van der Waals surface area contributed by atoms with Crippen molar-refractivity contribution in [3.63, 3.8) is 0 Å². The molecule has 0 aliphatic heterocycles. The highest BCUT2D eigenvalue weighted by Crippen LogP contribution is 2.34. The van der Waals surface area contributed by atoms with Crippen LogP contribution in [0.15, 0.2) is 12.3 Å². The number of carbonyl (C=O) groups excluding carboxylic acids is 1. The largest absolute Gasteiger partial charge is 0.397 e. The summed E-state index contributed by atoms with van der Waals surface area (Å²) in [5.41, 5.74) is 6.51. The van der Waals surface area contributed by atoms with Crippen molar-refractivity contribution in [1.29, 1.82) is 0 Å². The van der Waals surface area contributed by atoms with E-state index in [0.717, 1.165) is 18.8 Å². The number of nitrogen functional groups attached to an aromatic ring is 1. The van der Waals surface area contributed by atoms with Crippen LogP contribution in [0.2, 0.25) is 5.15 Å². The first kappa shape index (κ1) is 13.1. The molecule has 1 fully saturated rings. The molecule has 1 aromatic heterocycles. The van der Waals surface area contributed by atoms with Crippen molar-refractivity contribution < 1.29 is 4.79 Å². The lowest BCUT2D eigenvalue weighted by atomic mass is 10.1. The minimum absolute atomic E-state index is 0.163. The Morgan fingerprint density at radius 1 is 1.67 bits per heavy atom. The topological polar surface area (TPSA) is 68.0 Å². The number of pyridine rings is 1. The highest BCUT2D eigenvalue weighted by atomic mass is 35.5. The number of anilines is 1. The number of rotatable bonds is 5. The quantitative estimate of drug-likeness (QED) is 0.806. The molecule has 2 rings (SSSR count). The number of nitrogens with zero attached hydrogens (tertiary/aromatic N) is 1. The van der Waals surface area contributed by atoms with E-state index >= 15 is 0 Å². The van der Waals surface area contributed by atoms with Crippen molar-refractivity contribution in [2.45, 2.75) is 38.6 Å². The molecule has 0 saturated heterocycles. The van der Waals surface area contributed by atoms with Gasteiger partial charge in [-0.3, -0.25) is 4.79 Å². The van der Waals surface area contributed by atoms with Gasteiger partial charge in [0, 0.05) is 6.04 Å². The minimum atomic E-state index is -0.163. The Labute approximate surface area is 112 Å². The van der Waals surface area contributed by atoms with Crippen molar-refractivity contribution >= 4 is 23.2 Å². The highest BCUT2D eigenvalue weighted by molar-refractivity contribution is 6.29. The van der Waals surface area contributed by atoms with Gasteiger partial charge in [-0.2, -0.15) is 0 Å². The maximum Gasteiger partial charge on any atom is 0.253 e. The Morgan fingerprint density at radius 3 is 3.00 bits per heavy atom. The van der Waals surface area contributed by atoms with Crippen LogP contribution in [0.1, 0.15) is 43.0 Å². The van der Waals surface area contributed by atoms with Gasteiger partial charge >= 0.3 is 0 Å². The Bertz CT molecular complexity index is 446. The Hall–Kier alpha value is -1.29. The predicted octanol–water partition coefficient (Wildman–Crippen LogP) is 2.63. The first-order valence-electron chi connectivity index (χ1n) is 6.32. The van der Waals surface area contributed by atoms with Gasteiger partial charge in [-0.15, -0.1) is 0 Å². The second-order valence-corrected chi connectivity index (χ2v) is 5.24. The summed E-state index contributed by atoms with van der Waals surface area (Å²) in [6.45, 7) is 2.08. The summed E-state index contributed by atoms with van der Waals surface area (Å²) in [6, 6.07) is 1.73.